The summed E-state index contributed by atoms with van der Waals surface area (Å²) in [6, 6.07) is 11.3. The number of hydrogen-bond acceptors (Lipinski definition) is 3. The Labute approximate surface area is 176 Å². The Balaban J connectivity index is 1.52. The van der Waals surface area contributed by atoms with Crippen molar-refractivity contribution in [2.24, 2.45) is 0 Å². The molecule has 0 N–H and O–H groups in total. The van der Waals surface area contributed by atoms with E-state index in [0.717, 1.165) is 16.5 Å². The van der Waals surface area contributed by atoms with Crippen LogP contribution in [0.5, 0.6) is 0 Å². The minimum Gasteiger partial charge on any atom is -0.448 e. The van der Waals surface area contributed by atoms with Crippen molar-refractivity contribution in [2.75, 3.05) is 19.6 Å². The molecule has 0 spiro atoms. The zero-order chi connectivity index (χ0) is 21.4. The summed E-state index contributed by atoms with van der Waals surface area (Å²) in [5, 5.41) is 0.904. The lowest BCUT2D eigenvalue weighted by molar-refractivity contribution is 0.0409. The van der Waals surface area contributed by atoms with E-state index in [1.165, 1.54) is 0 Å². The van der Waals surface area contributed by atoms with Crippen molar-refractivity contribution in [3.8, 4) is 0 Å². The second kappa shape index (κ2) is 7.86. The Morgan fingerprint density at radius 1 is 1.13 bits per heavy atom. The van der Waals surface area contributed by atoms with Crippen LogP contribution in [0.3, 0.4) is 0 Å². The maximum atomic E-state index is 13.3. The molecule has 1 atom stereocenters. The highest BCUT2D eigenvalue weighted by Crippen LogP contribution is 2.24. The number of furan rings is 1. The van der Waals surface area contributed by atoms with E-state index >= 15 is 0 Å². The molecule has 6 nitrogen and oxygen atoms in total. The highest BCUT2D eigenvalue weighted by molar-refractivity contribution is 5.98. The van der Waals surface area contributed by atoms with Crippen LogP contribution < -0.4 is 0 Å². The number of hydrogen-bond donors (Lipinski definition) is 0. The van der Waals surface area contributed by atoms with Gasteiger partial charge in [-0.1, -0.05) is 29.8 Å². The van der Waals surface area contributed by atoms with Gasteiger partial charge in [0.1, 0.15) is 5.69 Å². The second-order valence-corrected chi connectivity index (χ2v) is 8.22. The van der Waals surface area contributed by atoms with Crippen molar-refractivity contribution in [3.63, 3.8) is 0 Å². The average Bonchev–Trinajstić information content (AvgIpc) is 3.30. The summed E-state index contributed by atoms with van der Waals surface area (Å²) in [7, 11) is 0. The molecule has 1 aliphatic rings. The van der Waals surface area contributed by atoms with E-state index in [4.69, 9.17) is 4.42 Å². The van der Waals surface area contributed by atoms with Crippen molar-refractivity contribution >= 4 is 22.9 Å². The van der Waals surface area contributed by atoms with E-state index in [1.807, 2.05) is 71.5 Å². The van der Waals surface area contributed by atoms with Gasteiger partial charge in [-0.3, -0.25) is 9.59 Å². The number of carbonyl (C=O) groups is 2. The Morgan fingerprint density at radius 2 is 1.87 bits per heavy atom. The number of fused-ring (bicyclic) bond motifs is 1. The monoisotopic (exact) mass is 405 g/mol. The first-order valence-corrected chi connectivity index (χ1v) is 10.2. The maximum Gasteiger partial charge on any atom is 0.270 e. The molecule has 2 aromatic heterocycles. The molecule has 1 unspecified atom stereocenters. The third-order valence-corrected chi connectivity index (χ3v) is 5.62. The second-order valence-electron chi connectivity index (χ2n) is 8.22. The van der Waals surface area contributed by atoms with Crippen molar-refractivity contribution in [1.82, 2.24) is 14.4 Å². The van der Waals surface area contributed by atoms with Gasteiger partial charge in [0.25, 0.3) is 11.8 Å². The molecule has 156 valence electrons. The summed E-state index contributed by atoms with van der Waals surface area (Å²) >= 11 is 0. The lowest BCUT2D eigenvalue weighted by Gasteiger charge is -2.40. The quantitative estimate of drug-likeness (QED) is 0.614. The molecule has 1 fully saturated rings. The number of benzene rings is 1. The minimum absolute atomic E-state index is 0.0118. The first-order valence-electron chi connectivity index (χ1n) is 10.2. The van der Waals surface area contributed by atoms with E-state index in [9.17, 15) is 9.59 Å². The van der Waals surface area contributed by atoms with E-state index in [0.29, 0.717) is 43.1 Å². The fourth-order valence-electron chi connectivity index (χ4n) is 4.05. The molecule has 30 heavy (non-hydrogen) atoms. The average molecular weight is 405 g/mol. The fourth-order valence-corrected chi connectivity index (χ4v) is 4.05. The topological polar surface area (TPSA) is 58.7 Å². The molecular weight excluding hydrogens is 378 g/mol. The predicted octanol–water partition coefficient (Wildman–Crippen LogP) is 4.11. The van der Waals surface area contributed by atoms with Gasteiger partial charge in [0, 0.05) is 43.2 Å². The summed E-state index contributed by atoms with van der Waals surface area (Å²) in [6.07, 6.45) is 1.63. The predicted molar refractivity (Wildman–Crippen MR) is 117 cm³/mol. The molecule has 4 rings (SSSR count). The largest absolute Gasteiger partial charge is 0.448 e. The summed E-state index contributed by atoms with van der Waals surface area (Å²) in [4.78, 5) is 29.9. The van der Waals surface area contributed by atoms with Crippen molar-refractivity contribution in [1.29, 1.82) is 0 Å². The Kier molecular flexibility index (Phi) is 5.24. The van der Waals surface area contributed by atoms with Crippen LogP contribution in [0.4, 0.5) is 0 Å². The zero-order valence-electron chi connectivity index (χ0n) is 17.7. The van der Waals surface area contributed by atoms with Crippen LogP contribution in [0, 0.1) is 6.92 Å². The number of aromatic nitrogens is 1. The molecule has 3 heterocycles. The standard InChI is InChI=1S/C24H27N3O3/c1-16(2)14-27-21(13-20-9-12-30-24(20)27)23(29)25-10-11-26(18(4)15-25)22(28)19-7-5-17(3)6-8-19/h5-9,12-13,18H,1,10-11,14-15H2,2-4H3. The summed E-state index contributed by atoms with van der Waals surface area (Å²) in [5.41, 5.74) is 4.03. The highest BCUT2D eigenvalue weighted by atomic mass is 16.3. The smallest absolute Gasteiger partial charge is 0.270 e. The zero-order valence-corrected chi connectivity index (χ0v) is 17.7. The van der Waals surface area contributed by atoms with Gasteiger partial charge in [0.05, 0.1) is 6.26 Å². The van der Waals surface area contributed by atoms with Gasteiger partial charge in [-0.05, 0) is 45.0 Å². The first kappa shape index (κ1) is 20.0. The molecule has 1 saturated heterocycles. The summed E-state index contributed by atoms with van der Waals surface area (Å²) in [5.74, 6) is -0.0327. The molecule has 1 aromatic carbocycles. The van der Waals surface area contributed by atoms with Crippen molar-refractivity contribution < 1.29 is 14.0 Å². The SMILES string of the molecule is C=C(C)Cn1c(C(=O)N2CCN(C(=O)c3ccc(C)cc3)C(C)C2)cc2ccoc21. The Morgan fingerprint density at radius 3 is 2.53 bits per heavy atom. The van der Waals surface area contributed by atoms with Gasteiger partial charge in [0.2, 0.25) is 5.71 Å². The molecule has 0 radical (unpaired) electrons. The van der Waals surface area contributed by atoms with Crippen LogP contribution in [-0.4, -0.2) is 51.9 Å². The van der Waals surface area contributed by atoms with Crippen LogP contribution in [0.2, 0.25) is 0 Å². The molecule has 0 aliphatic carbocycles. The van der Waals surface area contributed by atoms with Crippen LogP contribution in [-0.2, 0) is 6.54 Å². The molecule has 0 saturated carbocycles. The third-order valence-electron chi connectivity index (χ3n) is 5.62. The summed E-state index contributed by atoms with van der Waals surface area (Å²) in [6.45, 7) is 11.9. The Bertz CT molecular complexity index is 1110. The fraction of sp³-hybridized carbons (Fsp3) is 0.333. The lowest BCUT2D eigenvalue weighted by Crippen LogP contribution is -2.55. The van der Waals surface area contributed by atoms with Gasteiger partial charge in [-0.15, -0.1) is 0 Å². The number of nitrogens with zero attached hydrogens (tertiary/aromatic N) is 3. The Hall–Kier alpha value is -3.28. The number of amides is 2. The number of allylic oxidation sites excluding steroid dienone is 1. The molecule has 6 heteroatoms. The van der Waals surface area contributed by atoms with E-state index < -0.39 is 0 Å². The number of aryl methyl sites for hydroxylation is 1. The van der Waals surface area contributed by atoms with Gasteiger partial charge in [-0.2, -0.15) is 0 Å². The van der Waals surface area contributed by atoms with Crippen molar-refractivity contribution in [3.05, 3.63) is 71.6 Å². The summed E-state index contributed by atoms with van der Waals surface area (Å²) < 4.78 is 7.48. The van der Waals surface area contributed by atoms with E-state index in [2.05, 4.69) is 6.58 Å². The normalized spacial score (nSPS) is 16.8. The van der Waals surface area contributed by atoms with E-state index in [1.54, 1.807) is 6.26 Å². The molecule has 3 aromatic rings. The minimum atomic E-state index is -0.0657. The number of piperazine rings is 1. The number of rotatable bonds is 4. The number of carbonyl (C=O) groups excluding carboxylic acids is 2. The molecule has 1 aliphatic heterocycles. The van der Waals surface area contributed by atoms with Gasteiger partial charge in [0.15, 0.2) is 0 Å². The van der Waals surface area contributed by atoms with Crippen LogP contribution in [0.25, 0.3) is 11.1 Å². The molecular formula is C24H27N3O3. The lowest BCUT2D eigenvalue weighted by atomic mass is 10.1. The van der Waals surface area contributed by atoms with Crippen LogP contribution >= 0.6 is 0 Å². The van der Waals surface area contributed by atoms with Gasteiger partial charge >= 0.3 is 0 Å². The molecule has 0 bridgehead atoms. The molecule has 2 amide bonds. The first-order chi connectivity index (χ1) is 14.3. The van der Waals surface area contributed by atoms with E-state index in [-0.39, 0.29) is 17.9 Å². The van der Waals surface area contributed by atoms with Gasteiger partial charge in [-0.25, -0.2) is 0 Å². The van der Waals surface area contributed by atoms with Crippen LogP contribution in [0.1, 0.15) is 40.3 Å². The third kappa shape index (κ3) is 3.65. The maximum absolute atomic E-state index is 13.3. The van der Waals surface area contributed by atoms with Crippen LogP contribution in [0.15, 0.2) is 59.2 Å². The van der Waals surface area contributed by atoms with Crippen molar-refractivity contribution in [2.45, 2.75) is 33.4 Å². The van der Waals surface area contributed by atoms with Gasteiger partial charge < -0.3 is 18.8 Å². The highest BCUT2D eigenvalue weighted by Gasteiger charge is 2.32.